The molecular weight excluding hydrogens is 405 g/mol. The Morgan fingerprint density at radius 1 is 1.27 bits per heavy atom. The molecule has 1 atom stereocenters. The van der Waals surface area contributed by atoms with E-state index in [2.05, 4.69) is 4.99 Å². The minimum Gasteiger partial charge on any atom is -0.497 e. The van der Waals surface area contributed by atoms with Crippen LogP contribution >= 0.6 is 34.8 Å². The first-order valence-electron chi connectivity index (χ1n) is 7.78. The molecule has 26 heavy (non-hydrogen) atoms. The quantitative estimate of drug-likeness (QED) is 0.397. The number of cyclic esters (lactones) is 1. The zero-order valence-corrected chi connectivity index (χ0v) is 16.7. The van der Waals surface area contributed by atoms with Gasteiger partial charge in [0.2, 0.25) is 9.69 Å². The van der Waals surface area contributed by atoms with E-state index in [0.717, 1.165) is 0 Å². The summed E-state index contributed by atoms with van der Waals surface area (Å²) in [6.07, 6.45) is 0.101. The van der Waals surface area contributed by atoms with E-state index in [1.54, 1.807) is 24.3 Å². The SMILES string of the molecule is COc1ccc(C2=N[C@@](CC(C)C)(C(=O)OCC(Cl)(Cl)Cl)C(=O)O2)cc1. The van der Waals surface area contributed by atoms with Gasteiger partial charge in [0.25, 0.3) is 5.54 Å². The van der Waals surface area contributed by atoms with E-state index in [0.29, 0.717) is 11.3 Å². The van der Waals surface area contributed by atoms with Crippen LogP contribution in [0.3, 0.4) is 0 Å². The van der Waals surface area contributed by atoms with Crippen molar-refractivity contribution in [1.82, 2.24) is 0 Å². The maximum atomic E-state index is 12.6. The summed E-state index contributed by atoms with van der Waals surface area (Å²) < 4.78 is 13.6. The van der Waals surface area contributed by atoms with Crippen LogP contribution in [-0.2, 0) is 19.1 Å². The maximum absolute atomic E-state index is 12.6. The average Bonchev–Trinajstić information content (AvgIpc) is 2.89. The predicted molar refractivity (Wildman–Crippen MR) is 99.1 cm³/mol. The van der Waals surface area contributed by atoms with Crippen molar-refractivity contribution < 1.29 is 23.8 Å². The van der Waals surface area contributed by atoms with Gasteiger partial charge >= 0.3 is 11.9 Å². The van der Waals surface area contributed by atoms with Crippen molar-refractivity contribution in [1.29, 1.82) is 0 Å². The average molecular weight is 423 g/mol. The Morgan fingerprint density at radius 2 is 1.88 bits per heavy atom. The largest absolute Gasteiger partial charge is 0.497 e. The molecule has 6 nitrogen and oxygen atoms in total. The second-order valence-corrected chi connectivity index (χ2v) is 8.70. The second-order valence-electron chi connectivity index (χ2n) is 6.18. The van der Waals surface area contributed by atoms with E-state index < -0.39 is 27.9 Å². The van der Waals surface area contributed by atoms with Crippen molar-refractivity contribution in [2.45, 2.75) is 29.6 Å². The first kappa shape index (κ1) is 20.8. The van der Waals surface area contributed by atoms with Crippen LogP contribution in [0.2, 0.25) is 0 Å². The number of ether oxygens (including phenoxy) is 3. The van der Waals surface area contributed by atoms with Gasteiger partial charge in [-0.2, -0.15) is 0 Å². The second kappa shape index (κ2) is 8.03. The van der Waals surface area contributed by atoms with Crippen LogP contribution in [0, 0.1) is 5.92 Å². The molecular formula is C17H18Cl3NO5. The van der Waals surface area contributed by atoms with Crippen LogP contribution in [0.4, 0.5) is 0 Å². The highest BCUT2D eigenvalue weighted by Gasteiger charge is 2.54. The number of hydrogen-bond acceptors (Lipinski definition) is 6. The molecule has 0 N–H and O–H groups in total. The van der Waals surface area contributed by atoms with Crippen LogP contribution in [0.15, 0.2) is 29.3 Å². The van der Waals surface area contributed by atoms with Crippen molar-refractivity contribution in [3.63, 3.8) is 0 Å². The summed E-state index contributed by atoms with van der Waals surface area (Å²) in [4.78, 5) is 29.4. The summed E-state index contributed by atoms with van der Waals surface area (Å²) in [5.41, 5.74) is -1.29. The molecule has 0 amide bonds. The highest BCUT2D eigenvalue weighted by molar-refractivity contribution is 6.67. The molecule has 1 aromatic carbocycles. The first-order valence-corrected chi connectivity index (χ1v) is 8.91. The molecule has 0 aliphatic carbocycles. The van der Waals surface area contributed by atoms with Crippen molar-refractivity contribution in [3.8, 4) is 5.75 Å². The third-order valence-electron chi connectivity index (χ3n) is 3.56. The first-order chi connectivity index (χ1) is 12.1. The topological polar surface area (TPSA) is 74.2 Å². The molecule has 1 aliphatic heterocycles. The zero-order valence-electron chi connectivity index (χ0n) is 14.4. The van der Waals surface area contributed by atoms with Gasteiger partial charge < -0.3 is 14.2 Å². The van der Waals surface area contributed by atoms with E-state index in [-0.39, 0.29) is 18.2 Å². The fourth-order valence-electron chi connectivity index (χ4n) is 2.47. The summed E-state index contributed by atoms with van der Waals surface area (Å²) in [5, 5.41) is 0. The zero-order chi connectivity index (χ0) is 19.5. The lowest BCUT2D eigenvalue weighted by atomic mass is 9.90. The fourth-order valence-corrected chi connectivity index (χ4v) is 2.63. The summed E-state index contributed by atoms with van der Waals surface area (Å²) >= 11 is 16.8. The van der Waals surface area contributed by atoms with Crippen molar-refractivity contribution >= 4 is 52.6 Å². The van der Waals surface area contributed by atoms with Gasteiger partial charge in [-0.15, -0.1) is 0 Å². The van der Waals surface area contributed by atoms with Gasteiger partial charge in [0.1, 0.15) is 12.4 Å². The van der Waals surface area contributed by atoms with Gasteiger partial charge in [-0.3, -0.25) is 0 Å². The van der Waals surface area contributed by atoms with Crippen LogP contribution in [-0.4, -0.2) is 40.9 Å². The minimum absolute atomic E-state index is 0.0316. The normalized spacial score (nSPS) is 20.0. The summed E-state index contributed by atoms with van der Waals surface area (Å²) in [7, 11) is 1.54. The summed E-state index contributed by atoms with van der Waals surface area (Å²) in [6, 6.07) is 6.72. The Morgan fingerprint density at radius 3 is 2.38 bits per heavy atom. The molecule has 1 aromatic rings. The standard InChI is InChI=1S/C17H18Cl3NO5/c1-10(2)8-16(14(22)25-9-17(18,19)20)15(23)26-13(21-16)11-4-6-12(24-3)7-5-11/h4-7,10H,8-9H2,1-3H3/t16-/m0/s1. The number of alkyl halides is 3. The van der Waals surface area contributed by atoms with Crippen LogP contribution in [0.1, 0.15) is 25.8 Å². The van der Waals surface area contributed by atoms with Gasteiger partial charge in [0, 0.05) is 5.56 Å². The molecule has 0 saturated carbocycles. The summed E-state index contributed by atoms with van der Waals surface area (Å²) in [5.74, 6) is -1.10. The predicted octanol–water partition coefficient (Wildman–Crippen LogP) is 3.70. The molecule has 1 aliphatic rings. The monoisotopic (exact) mass is 421 g/mol. The summed E-state index contributed by atoms with van der Waals surface area (Å²) in [6.45, 7) is 3.19. The molecule has 0 fully saturated rings. The Balaban J connectivity index is 2.35. The number of carbonyl (C=O) groups excluding carboxylic acids is 2. The third-order valence-corrected chi connectivity index (χ3v) is 3.89. The number of rotatable bonds is 6. The van der Waals surface area contributed by atoms with Crippen molar-refractivity contribution in [3.05, 3.63) is 29.8 Å². The molecule has 2 rings (SSSR count). The highest BCUT2D eigenvalue weighted by Crippen LogP contribution is 2.33. The molecule has 142 valence electrons. The van der Waals surface area contributed by atoms with Crippen molar-refractivity contribution in [2.75, 3.05) is 13.7 Å². The number of halogens is 3. The number of benzene rings is 1. The molecule has 0 bridgehead atoms. The van der Waals surface area contributed by atoms with E-state index in [1.165, 1.54) is 7.11 Å². The molecule has 9 heteroatoms. The minimum atomic E-state index is -1.82. The van der Waals surface area contributed by atoms with Crippen LogP contribution in [0.25, 0.3) is 0 Å². The van der Waals surface area contributed by atoms with Gasteiger partial charge in [-0.25, -0.2) is 14.6 Å². The number of nitrogens with zero attached hydrogens (tertiary/aromatic N) is 1. The number of carbonyl (C=O) groups is 2. The maximum Gasteiger partial charge on any atom is 0.352 e. The number of hydrogen-bond donors (Lipinski definition) is 0. The number of methoxy groups -OCH3 is 1. The molecule has 0 spiro atoms. The van der Waals surface area contributed by atoms with Crippen molar-refractivity contribution in [2.24, 2.45) is 10.9 Å². The Labute approximate surface area is 166 Å². The molecule has 0 aromatic heterocycles. The van der Waals surface area contributed by atoms with Gasteiger partial charge in [0.05, 0.1) is 7.11 Å². The van der Waals surface area contributed by atoms with E-state index in [4.69, 9.17) is 49.0 Å². The van der Waals surface area contributed by atoms with Crippen LogP contribution in [0.5, 0.6) is 5.75 Å². The van der Waals surface area contributed by atoms with E-state index in [1.807, 2.05) is 13.8 Å². The molecule has 1 heterocycles. The van der Waals surface area contributed by atoms with Gasteiger partial charge in [0.15, 0.2) is 0 Å². The third kappa shape index (κ3) is 4.81. The fraction of sp³-hybridized carbons (Fsp3) is 0.471. The molecule has 0 radical (unpaired) electrons. The van der Waals surface area contributed by atoms with E-state index in [9.17, 15) is 9.59 Å². The van der Waals surface area contributed by atoms with Gasteiger partial charge in [-0.05, 0) is 36.6 Å². The lowest BCUT2D eigenvalue weighted by molar-refractivity contribution is -0.158. The van der Waals surface area contributed by atoms with Gasteiger partial charge in [-0.1, -0.05) is 48.7 Å². The lowest BCUT2D eigenvalue weighted by Gasteiger charge is -2.23. The lowest BCUT2D eigenvalue weighted by Crippen LogP contribution is -2.45. The highest BCUT2D eigenvalue weighted by atomic mass is 35.6. The number of esters is 2. The smallest absolute Gasteiger partial charge is 0.352 e. The van der Waals surface area contributed by atoms with Crippen LogP contribution < -0.4 is 4.74 Å². The Kier molecular flexibility index (Phi) is 6.42. The number of aliphatic imine (C=N–C) groups is 1. The Bertz CT molecular complexity index is 712. The van der Waals surface area contributed by atoms with E-state index >= 15 is 0 Å². The molecule has 0 saturated heterocycles. The Hall–Kier alpha value is -1.50. The molecule has 0 unspecified atom stereocenters.